The minimum Gasteiger partial charge on any atom is -0.481 e. The highest BCUT2D eigenvalue weighted by Crippen LogP contribution is 2.22. The summed E-state index contributed by atoms with van der Waals surface area (Å²) >= 11 is 5.04. The number of hydrogen-bond donors (Lipinski definition) is 3. The number of amides is 1. The fourth-order valence-corrected chi connectivity index (χ4v) is 2.59. The van der Waals surface area contributed by atoms with E-state index in [1.165, 1.54) is 13.2 Å². The molecule has 0 aliphatic heterocycles. The molecule has 29 heavy (non-hydrogen) atoms. The van der Waals surface area contributed by atoms with Gasteiger partial charge < -0.3 is 19.2 Å². The number of methoxy groups -OCH3 is 1. The van der Waals surface area contributed by atoms with Crippen molar-refractivity contribution in [2.24, 2.45) is 0 Å². The van der Waals surface area contributed by atoms with Gasteiger partial charge in [-0.15, -0.1) is 0 Å². The van der Waals surface area contributed by atoms with Crippen LogP contribution in [0.15, 0.2) is 33.5 Å². The summed E-state index contributed by atoms with van der Waals surface area (Å²) < 4.78 is 15.3. The summed E-state index contributed by atoms with van der Waals surface area (Å²) in [5.74, 6) is -0.361. The Kier molecular flexibility index (Phi) is 7.96. The molecular formula is C19H23N3O6S. The Bertz CT molecular complexity index is 959. The lowest BCUT2D eigenvalue weighted by atomic mass is 10.1. The molecule has 10 heteroatoms. The second-order valence-corrected chi connectivity index (χ2v) is 6.62. The van der Waals surface area contributed by atoms with E-state index in [0.717, 1.165) is 10.9 Å². The van der Waals surface area contributed by atoms with Gasteiger partial charge in [0, 0.05) is 30.5 Å². The fraction of sp³-hybridized carbons (Fsp3) is 0.368. The molecule has 1 atom stereocenters. The van der Waals surface area contributed by atoms with E-state index in [-0.39, 0.29) is 17.5 Å². The van der Waals surface area contributed by atoms with Crippen LogP contribution in [0.3, 0.4) is 0 Å². The molecule has 0 bridgehead atoms. The first-order valence-corrected chi connectivity index (χ1v) is 9.32. The van der Waals surface area contributed by atoms with Crippen LogP contribution in [0.5, 0.6) is 5.75 Å². The largest absolute Gasteiger partial charge is 0.481 e. The lowest BCUT2D eigenvalue weighted by molar-refractivity contribution is -0.140. The zero-order valence-corrected chi connectivity index (χ0v) is 17.2. The molecule has 9 nitrogen and oxygen atoms in total. The van der Waals surface area contributed by atoms with Gasteiger partial charge in [-0.05, 0) is 50.2 Å². The van der Waals surface area contributed by atoms with Gasteiger partial charge in [0.1, 0.15) is 11.3 Å². The molecule has 0 saturated heterocycles. The highest BCUT2D eigenvalue weighted by atomic mass is 32.1. The van der Waals surface area contributed by atoms with Gasteiger partial charge in [0.2, 0.25) is 0 Å². The van der Waals surface area contributed by atoms with Gasteiger partial charge in [0.15, 0.2) is 11.2 Å². The van der Waals surface area contributed by atoms with Crippen LogP contribution in [0.1, 0.15) is 25.3 Å². The van der Waals surface area contributed by atoms with Crippen molar-refractivity contribution >= 4 is 40.2 Å². The van der Waals surface area contributed by atoms with Crippen molar-refractivity contribution in [2.75, 3.05) is 13.7 Å². The van der Waals surface area contributed by atoms with E-state index in [4.69, 9.17) is 21.4 Å². The number of benzene rings is 1. The Balaban J connectivity index is 1.81. The molecule has 2 aromatic rings. The number of thiocarbonyl (C=S) groups is 1. The Hall–Kier alpha value is -3.14. The van der Waals surface area contributed by atoms with Crippen molar-refractivity contribution in [1.82, 2.24) is 16.2 Å². The molecule has 0 aliphatic carbocycles. The lowest BCUT2D eigenvalue weighted by Crippen LogP contribution is -2.50. The highest BCUT2D eigenvalue weighted by molar-refractivity contribution is 7.80. The molecule has 1 aromatic heterocycles. The molecular weight excluding hydrogens is 398 g/mol. The van der Waals surface area contributed by atoms with Gasteiger partial charge in [0.05, 0.1) is 7.11 Å². The average molecular weight is 421 g/mol. The number of hydrogen-bond acceptors (Lipinski definition) is 7. The minimum atomic E-state index is -0.835. The molecule has 3 N–H and O–H groups in total. The van der Waals surface area contributed by atoms with E-state index in [1.807, 2.05) is 6.92 Å². The first-order chi connectivity index (χ1) is 13.8. The number of ether oxygens (including phenoxy) is 2. The van der Waals surface area contributed by atoms with Crippen LogP contribution in [0.2, 0.25) is 0 Å². The van der Waals surface area contributed by atoms with Gasteiger partial charge in [-0.1, -0.05) is 0 Å². The molecule has 2 rings (SSSR count). The van der Waals surface area contributed by atoms with Crippen molar-refractivity contribution in [3.8, 4) is 5.75 Å². The fourth-order valence-electron chi connectivity index (χ4n) is 2.44. The number of carbonyl (C=O) groups excluding carboxylic acids is 2. The topological polar surface area (TPSA) is 119 Å². The van der Waals surface area contributed by atoms with Gasteiger partial charge >= 0.3 is 11.6 Å². The Labute approximate surface area is 172 Å². The Morgan fingerprint density at radius 3 is 2.72 bits per heavy atom. The predicted octanol–water partition coefficient (Wildman–Crippen LogP) is 1.32. The molecule has 0 spiro atoms. The minimum absolute atomic E-state index is 0.207. The molecule has 1 aromatic carbocycles. The van der Waals surface area contributed by atoms with Crippen LogP contribution in [0, 0.1) is 6.92 Å². The summed E-state index contributed by atoms with van der Waals surface area (Å²) in [5.41, 5.74) is 5.73. The molecule has 0 unspecified atom stereocenters. The number of nitrogens with one attached hydrogen (secondary N) is 3. The molecule has 0 fully saturated rings. The average Bonchev–Trinajstić information content (AvgIpc) is 2.68. The zero-order chi connectivity index (χ0) is 21.4. The van der Waals surface area contributed by atoms with Crippen molar-refractivity contribution in [2.45, 2.75) is 32.8 Å². The van der Waals surface area contributed by atoms with Crippen molar-refractivity contribution in [3.63, 3.8) is 0 Å². The van der Waals surface area contributed by atoms with E-state index < -0.39 is 17.6 Å². The molecule has 1 heterocycles. The van der Waals surface area contributed by atoms with Crippen LogP contribution >= 0.6 is 12.2 Å². The van der Waals surface area contributed by atoms with E-state index in [2.05, 4.69) is 20.9 Å². The van der Waals surface area contributed by atoms with E-state index in [9.17, 15) is 14.4 Å². The molecule has 0 saturated carbocycles. The van der Waals surface area contributed by atoms with Crippen molar-refractivity contribution in [1.29, 1.82) is 0 Å². The summed E-state index contributed by atoms with van der Waals surface area (Å²) in [4.78, 5) is 34.7. The van der Waals surface area contributed by atoms with Crippen LogP contribution in [0.25, 0.3) is 11.0 Å². The maximum atomic E-state index is 12.2. The normalized spacial score (nSPS) is 11.4. The smallest absolute Gasteiger partial charge is 0.336 e. The van der Waals surface area contributed by atoms with Gasteiger partial charge in [0.25, 0.3) is 5.91 Å². The SMILES string of the molecule is COC(=O)CCCNC(=S)NNC(=O)[C@@H](C)Oc1ccc2c(C)cc(=O)oc2c1. The zero-order valence-electron chi connectivity index (χ0n) is 16.4. The van der Waals surface area contributed by atoms with Crippen LogP contribution in [0.4, 0.5) is 0 Å². The van der Waals surface area contributed by atoms with Crippen molar-refractivity contribution < 1.29 is 23.5 Å². The number of rotatable bonds is 7. The number of esters is 1. The highest BCUT2D eigenvalue weighted by Gasteiger charge is 2.15. The number of fused-ring (bicyclic) bond motifs is 1. The van der Waals surface area contributed by atoms with Crippen LogP contribution in [-0.4, -0.2) is 36.7 Å². The predicted molar refractivity (Wildman–Crippen MR) is 110 cm³/mol. The van der Waals surface area contributed by atoms with Crippen LogP contribution < -0.4 is 26.5 Å². The summed E-state index contributed by atoms with van der Waals surface area (Å²) in [5, 5.41) is 3.85. The van der Waals surface area contributed by atoms with Gasteiger partial charge in [-0.2, -0.15) is 0 Å². The first-order valence-electron chi connectivity index (χ1n) is 8.92. The number of hydrazine groups is 1. The van der Waals surface area contributed by atoms with E-state index in [1.54, 1.807) is 25.1 Å². The first kappa shape index (κ1) is 22.2. The number of aryl methyl sites for hydroxylation is 1. The van der Waals surface area contributed by atoms with E-state index >= 15 is 0 Å². The second-order valence-electron chi connectivity index (χ2n) is 6.22. The van der Waals surface area contributed by atoms with Crippen LogP contribution in [-0.2, 0) is 14.3 Å². The maximum absolute atomic E-state index is 12.2. The summed E-state index contributed by atoms with van der Waals surface area (Å²) in [6.07, 6.45) is -0.0209. The second kappa shape index (κ2) is 10.4. The maximum Gasteiger partial charge on any atom is 0.336 e. The Morgan fingerprint density at radius 2 is 2.00 bits per heavy atom. The third-order valence-corrected chi connectivity index (χ3v) is 4.22. The Morgan fingerprint density at radius 1 is 1.24 bits per heavy atom. The molecule has 1 amide bonds. The quantitative estimate of drug-likeness (QED) is 0.200. The van der Waals surface area contributed by atoms with Crippen molar-refractivity contribution in [3.05, 3.63) is 40.2 Å². The van der Waals surface area contributed by atoms with E-state index in [0.29, 0.717) is 24.3 Å². The summed E-state index contributed by atoms with van der Waals surface area (Å²) in [6.45, 7) is 3.83. The van der Waals surface area contributed by atoms with Gasteiger partial charge in [-0.3, -0.25) is 20.4 Å². The summed E-state index contributed by atoms with van der Waals surface area (Å²) in [7, 11) is 1.33. The molecule has 0 radical (unpaired) electrons. The number of carbonyl (C=O) groups is 2. The lowest BCUT2D eigenvalue weighted by Gasteiger charge is -2.16. The summed E-state index contributed by atoms with van der Waals surface area (Å²) in [6, 6.07) is 6.44. The standard InChI is InChI=1S/C19H23N3O6S/c1-11-9-17(24)28-15-10-13(6-7-14(11)15)27-12(2)18(25)21-22-19(29)20-8-4-5-16(23)26-3/h6-7,9-10,12H,4-5,8H2,1-3H3,(H,21,25)(H2,20,22,29)/t12-/m1/s1. The third kappa shape index (κ3) is 6.75. The van der Waals surface area contributed by atoms with Gasteiger partial charge in [-0.25, -0.2) is 4.79 Å². The third-order valence-electron chi connectivity index (χ3n) is 3.98. The monoisotopic (exact) mass is 421 g/mol. The molecule has 0 aliphatic rings. The molecule has 156 valence electrons.